The van der Waals surface area contributed by atoms with E-state index in [-0.39, 0.29) is 5.41 Å². The maximum Gasteiger partial charge on any atom is 0.0683 e. The van der Waals surface area contributed by atoms with Crippen molar-refractivity contribution in [3.63, 3.8) is 0 Å². The quantitative estimate of drug-likeness (QED) is 0.711. The van der Waals surface area contributed by atoms with Gasteiger partial charge in [-0.15, -0.1) is 0 Å². The third-order valence-electron chi connectivity index (χ3n) is 3.94. The molecule has 1 aliphatic rings. The lowest BCUT2D eigenvalue weighted by molar-refractivity contribution is 0.188. The van der Waals surface area contributed by atoms with Gasteiger partial charge < -0.3 is 0 Å². The summed E-state index contributed by atoms with van der Waals surface area (Å²) in [6.45, 7) is 9.88. The molecule has 2 nitrogen and oxygen atoms in total. The number of nitrogens with zero attached hydrogens (tertiary/aromatic N) is 2. The van der Waals surface area contributed by atoms with E-state index in [1.165, 1.54) is 25.8 Å². The van der Waals surface area contributed by atoms with Crippen LogP contribution in [0.2, 0.25) is 0 Å². The van der Waals surface area contributed by atoms with E-state index in [1.54, 1.807) is 0 Å². The fourth-order valence-electron chi connectivity index (χ4n) is 2.73. The van der Waals surface area contributed by atoms with E-state index < -0.39 is 0 Å². The van der Waals surface area contributed by atoms with Crippen LogP contribution in [0.25, 0.3) is 0 Å². The van der Waals surface area contributed by atoms with E-state index in [9.17, 15) is 0 Å². The van der Waals surface area contributed by atoms with Gasteiger partial charge in [0.05, 0.1) is 11.5 Å². The summed E-state index contributed by atoms with van der Waals surface area (Å²) in [4.78, 5) is 2.65. The molecule has 1 heterocycles. The van der Waals surface area contributed by atoms with Gasteiger partial charge in [-0.3, -0.25) is 4.90 Å². The van der Waals surface area contributed by atoms with Gasteiger partial charge in [-0.05, 0) is 59.4 Å². The first-order chi connectivity index (χ1) is 7.50. The Balaban J connectivity index is 2.34. The van der Waals surface area contributed by atoms with Gasteiger partial charge in [0.1, 0.15) is 0 Å². The monoisotopic (exact) mass is 222 g/mol. The summed E-state index contributed by atoms with van der Waals surface area (Å²) >= 11 is 0. The van der Waals surface area contributed by atoms with Crippen LogP contribution in [-0.4, -0.2) is 23.5 Å². The van der Waals surface area contributed by atoms with E-state index in [4.69, 9.17) is 5.26 Å². The first-order valence-electron chi connectivity index (χ1n) is 6.67. The predicted molar refractivity (Wildman–Crippen MR) is 68.1 cm³/mol. The van der Waals surface area contributed by atoms with Crippen LogP contribution in [0, 0.1) is 16.7 Å². The molecule has 0 aromatic carbocycles. The van der Waals surface area contributed by atoms with E-state index in [0.717, 1.165) is 24.9 Å². The second kappa shape index (κ2) is 5.68. The molecule has 2 atom stereocenters. The Morgan fingerprint density at radius 3 is 2.62 bits per heavy atom. The molecule has 0 N–H and O–H groups in total. The molecular weight excluding hydrogens is 196 g/mol. The van der Waals surface area contributed by atoms with E-state index in [1.807, 2.05) is 13.8 Å². The summed E-state index contributed by atoms with van der Waals surface area (Å²) in [5.74, 6) is 0. The number of nitriles is 1. The van der Waals surface area contributed by atoms with Crippen LogP contribution in [0.4, 0.5) is 0 Å². The van der Waals surface area contributed by atoms with Gasteiger partial charge in [0, 0.05) is 12.1 Å². The van der Waals surface area contributed by atoms with Crippen LogP contribution in [0.3, 0.4) is 0 Å². The van der Waals surface area contributed by atoms with Gasteiger partial charge >= 0.3 is 0 Å². The molecule has 0 spiro atoms. The number of rotatable bonds is 5. The third-order valence-corrected chi connectivity index (χ3v) is 3.94. The van der Waals surface area contributed by atoms with Crippen molar-refractivity contribution in [3.8, 4) is 6.07 Å². The molecule has 92 valence electrons. The minimum Gasteiger partial charge on any atom is -0.298 e. The van der Waals surface area contributed by atoms with Crippen LogP contribution < -0.4 is 0 Å². The summed E-state index contributed by atoms with van der Waals surface area (Å²) < 4.78 is 0. The summed E-state index contributed by atoms with van der Waals surface area (Å²) in [7, 11) is 0. The van der Waals surface area contributed by atoms with Crippen molar-refractivity contribution in [2.45, 2.75) is 71.9 Å². The Kier molecular flexibility index (Phi) is 4.80. The normalized spacial score (nSPS) is 26.9. The number of hydrogen-bond acceptors (Lipinski definition) is 2. The Bertz CT molecular complexity index is 252. The third kappa shape index (κ3) is 3.49. The van der Waals surface area contributed by atoms with Crippen molar-refractivity contribution in [2.75, 3.05) is 6.54 Å². The first-order valence-corrected chi connectivity index (χ1v) is 6.67. The second-order valence-electron chi connectivity index (χ2n) is 5.83. The second-order valence-corrected chi connectivity index (χ2v) is 5.83. The molecular formula is C14H26N2. The van der Waals surface area contributed by atoms with Crippen molar-refractivity contribution in [3.05, 3.63) is 0 Å². The van der Waals surface area contributed by atoms with Crippen LogP contribution in [0.15, 0.2) is 0 Å². The Morgan fingerprint density at radius 1 is 1.38 bits per heavy atom. The molecule has 1 aliphatic heterocycles. The Labute approximate surface area is 101 Å². The van der Waals surface area contributed by atoms with Gasteiger partial charge in [0.15, 0.2) is 0 Å². The molecule has 1 rings (SSSR count). The standard InChI is InChI=1S/C14H26N2/c1-5-13-8-7-12(2)16(13)10-6-9-14(3,4)11-15/h12-13H,5-10H2,1-4H3. The number of likely N-dealkylation sites (tertiary alicyclic amines) is 1. The smallest absolute Gasteiger partial charge is 0.0683 e. The van der Waals surface area contributed by atoms with Crippen LogP contribution in [0.1, 0.15) is 59.8 Å². The summed E-state index contributed by atoms with van der Waals surface area (Å²) in [6.07, 6.45) is 6.15. The van der Waals surface area contributed by atoms with Crippen molar-refractivity contribution in [1.82, 2.24) is 4.90 Å². The van der Waals surface area contributed by atoms with Gasteiger partial charge in [0.25, 0.3) is 0 Å². The first kappa shape index (κ1) is 13.5. The van der Waals surface area contributed by atoms with Crippen molar-refractivity contribution >= 4 is 0 Å². The molecule has 0 amide bonds. The van der Waals surface area contributed by atoms with Gasteiger partial charge in [0.2, 0.25) is 0 Å². The lowest BCUT2D eigenvalue weighted by atomic mass is 9.89. The highest BCUT2D eigenvalue weighted by Crippen LogP contribution is 2.28. The maximum absolute atomic E-state index is 8.97. The summed E-state index contributed by atoms with van der Waals surface area (Å²) in [5, 5.41) is 8.97. The van der Waals surface area contributed by atoms with Crippen LogP contribution in [0.5, 0.6) is 0 Å². The molecule has 1 fully saturated rings. The zero-order chi connectivity index (χ0) is 12.2. The van der Waals surface area contributed by atoms with E-state index in [0.29, 0.717) is 0 Å². The average Bonchev–Trinajstić information content (AvgIpc) is 2.60. The fraction of sp³-hybridized carbons (Fsp3) is 0.929. The highest BCUT2D eigenvalue weighted by atomic mass is 15.2. The summed E-state index contributed by atoms with van der Waals surface area (Å²) in [5.41, 5.74) is -0.148. The largest absolute Gasteiger partial charge is 0.298 e. The van der Waals surface area contributed by atoms with E-state index >= 15 is 0 Å². The molecule has 16 heavy (non-hydrogen) atoms. The highest BCUT2D eigenvalue weighted by Gasteiger charge is 2.29. The minimum absolute atomic E-state index is 0.148. The molecule has 2 unspecified atom stereocenters. The van der Waals surface area contributed by atoms with Crippen molar-refractivity contribution in [1.29, 1.82) is 5.26 Å². The molecule has 0 aromatic heterocycles. The molecule has 0 aromatic rings. The number of hydrogen-bond donors (Lipinski definition) is 0. The zero-order valence-electron chi connectivity index (χ0n) is 11.3. The van der Waals surface area contributed by atoms with Crippen LogP contribution in [-0.2, 0) is 0 Å². The van der Waals surface area contributed by atoms with Crippen molar-refractivity contribution < 1.29 is 0 Å². The SMILES string of the molecule is CCC1CCC(C)N1CCCC(C)(C)C#N. The molecule has 2 heteroatoms. The van der Waals surface area contributed by atoms with Gasteiger partial charge in [-0.25, -0.2) is 0 Å². The Morgan fingerprint density at radius 2 is 2.06 bits per heavy atom. The highest BCUT2D eigenvalue weighted by molar-refractivity contribution is 4.92. The van der Waals surface area contributed by atoms with Gasteiger partial charge in [-0.2, -0.15) is 5.26 Å². The Hall–Kier alpha value is -0.550. The van der Waals surface area contributed by atoms with Gasteiger partial charge in [-0.1, -0.05) is 6.92 Å². The van der Waals surface area contributed by atoms with E-state index in [2.05, 4.69) is 24.8 Å². The predicted octanol–water partition coefficient (Wildman–Crippen LogP) is 3.58. The maximum atomic E-state index is 8.97. The fourth-order valence-corrected chi connectivity index (χ4v) is 2.73. The lowest BCUT2D eigenvalue weighted by Crippen LogP contribution is -2.35. The molecule has 1 saturated heterocycles. The summed E-state index contributed by atoms with van der Waals surface area (Å²) in [6, 6.07) is 3.92. The molecule has 0 saturated carbocycles. The van der Waals surface area contributed by atoms with Crippen molar-refractivity contribution in [2.24, 2.45) is 5.41 Å². The lowest BCUT2D eigenvalue weighted by Gasteiger charge is -2.28. The molecule has 0 bridgehead atoms. The zero-order valence-corrected chi connectivity index (χ0v) is 11.3. The molecule has 0 aliphatic carbocycles. The topological polar surface area (TPSA) is 27.0 Å². The molecule has 0 radical (unpaired) electrons. The average molecular weight is 222 g/mol. The van der Waals surface area contributed by atoms with Crippen LogP contribution >= 0.6 is 0 Å². The minimum atomic E-state index is -0.148.